The van der Waals surface area contributed by atoms with Gasteiger partial charge in [0.2, 0.25) is 5.91 Å². The molecule has 0 spiro atoms. The number of aromatic nitrogens is 2. The Labute approximate surface area is 152 Å². The third kappa shape index (κ3) is 4.14. The molecule has 0 aromatic carbocycles. The van der Waals surface area contributed by atoms with Crippen LogP contribution in [0.1, 0.15) is 19.8 Å². The molecule has 0 N–H and O–H groups in total. The van der Waals surface area contributed by atoms with Gasteiger partial charge in [0.1, 0.15) is 6.54 Å². The molecule has 142 valence electrons. The first-order valence-corrected chi connectivity index (χ1v) is 9.10. The topological polar surface area (TPSA) is 88.0 Å². The Kier molecular flexibility index (Phi) is 5.75. The molecule has 2 aliphatic rings. The predicted molar refractivity (Wildman–Crippen MR) is 95.1 cm³/mol. The highest BCUT2D eigenvalue weighted by Gasteiger charge is 2.25. The first kappa shape index (κ1) is 18.2. The molecule has 3 rings (SSSR count). The van der Waals surface area contributed by atoms with E-state index in [4.69, 9.17) is 4.74 Å². The fraction of sp³-hybridized carbons (Fsp3) is 0.647. The summed E-state index contributed by atoms with van der Waals surface area (Å²) in [5.41, 5.74) is 0.548. The van der Waals surface area contributed by atoms with Gasteiger partial charge in [0.05, 0.1) is 18.5 Å². The van der Waals surface area contributed by atoms with Crippen LogP contribution in [0.3, 0.4) is 0 Å². The number of amides is 2. The summed E-state index contributed by atoms with van der Waals surface area (Å²) < 4.78 is 6.16. The van der Waals surface area contributed by atoms with E-state index < -0.39 is 0 Å². The Morgan fingerprint density at radius 3 is 2.35 bits per heavy atom. The van der Waals surface area contributed by atoms with E-state index in [1.807, 2.05) is 0 Å². The fourth-order valence-corrected chi connectivity index (χ4v) is 3.27. The largest absolute Gasteiger partial charge is 0.450 e. The molecule has 2 saturated heterocycles. The number of hydrogen-bond donors (Lipinski definition) is 0. The normalized spacial score (nSPS) is 17.5. The minimum absolute atomic E-state index is 0.0848. The molecule has 0 radical (unpaired) electrons. The lowest BCUT2D eigenvalue weighted by Crippen LogP contribution is -2.51. The molecule has 2 amide bonds. The van der Waals surface area contributed by atoms with Gasteiger partial charge in [0.15, 0.2) is 0 Å². The molecule has 2 aliphatic heterocycles. The van der Waals surface area contributed by atoms with E-state index in [9.17, 15) is 14.4 Å². The van der Waals surface area contributed by atoms with Gasteiger partial charge in [-0.3, -0.25) is 9.59 Å². The minimum atomic E-state index is -0.352. The molecule has 0 unspecified atom stereocenters. The fourth-order valence-electron chi connectivity index (χ4n) is 3.27. The van der Waals surface area contributed by atoms with E-state index in [0.717, 1.165) is 31.6 Å². The highest BCUT2D eigenvalue weighted by molar-refractivity contribution is 5.76. The second-order valence-electron chi connectivity index (χ2n) is 6.47. The van der Waals surface area contributed by atoms with Crippen LogP contribution in [0.5, 0.6) is 0 Å². The lowest BCUT2D eigenvalue weighted by Gasteiger charge is -2.34. The van der Waals surface area contributed by atoms with Crippen molar-refractivity contribution in [3.63, 3.8) is 0 Å². The molecule has 0 aliphatic carbocycles. The van der Waals surface area contributed by atoms with Gasteiger partial charge in [0, 0.05) is 45.3 Å². The van der Waals surface area contributed by atoms with Crippen LogP contribution in [0.15, 0.2) is 17.1 Å². The van der Waals surface area contributed by atoms with Crippen molar-refractivity contribution < 1.29 is 14.3 Å². The van der Waals surface area contributed by atoms with E-state index in [1.165, 1.54) is 4.68 Å². The zero-order valence-corrected chi connectivity index (χ0v) is 15.1. The van der Waals surface area contributed by atoms with Gasteiger partial charge in [0.25, 0.3) is 5.56 Å². The molecule has 9 heteroatoms. The lowest BCUT2D eigenvalue weighted by atomic mass is 10.3. The molecule has 26 heavy (non-hydrogen) atoms. The van der Waals surface area contributed by atoms with Crippen LogP contribution in [-0.4, -0.2) is 77.5 Å². The summed E-state index contributed by atoms with van der Waals surface area (Å²) in [6.07, 6.45) is 3.55. The molecular formula is C17H25N5O4. The van der Waals surface area contributed by atoms with Crippen LogP contribution in [-0.2, 0) is 16.1 Å². The highest BCUT2D eigenvalue weighted by Crippen LogP contribution is 2.16. The second-order valence-corrected chi connectivity index (χ2v) is 6.47. The van der Waals surface area contributed by atoms with Crippen molar-refractivity contribution in [3.8, 4) is 0 Å². The van der Waals surface area contributed by atoms with Crippen molar-refractivity contribution in [2.75, 3.05) is 50.8 Å². The van der Waals surface area contributed by atoms with Crippen molar-refractivity contribution in [3.05, 3.63) is 22.6 Å². The zero-order valence-electron chi connectivity index (χ0n) is 15.1. The van der Waals surface area contributed by atoms with Crippen LogP contribution >= 0.6 is 0 Å². The summed E-state index contributed by atoms with van der Waals surface area (Å²) >= 11 is 0. The van der Waals surface area contributed by atoms with Crippen LogP contribution in [0.4, 0.5) is 10.5 Å². The molecule has 3 heterocycles. The number of anilines is 1. The minimum Gasteiger partial charge on any atom is -0.450 e. The summed E-state index contributed by atoms with van der Waals surface area (Å²) in [5.74, 6) is -0.169. The average Bonchev–Trinajstić information content (AvgIpc) is 3.18. The molecule has 1 aromatic heterocycles. The smallest absolute Gasteiger partial charge is 0.409 e. The van der Waals surface area contributed by atoms with Gasteiger partial charge in [-0.25, -0.2) is 9.48 Å². The van der Waals surface area contributed by atoms with E-state index in [1.54, 1.807) is 29.0 Å². The van der Waals surface area contributed by atoms with E-state index in [-0.39, 0.29) is 24.1 Å². The quantitative estimate of drug-likeness (QED) is 0.756. The third-order valence-electron chi connectivity index (χ3n) is 4.77. The maximum Gasteiger partial charge on any atom is 0.409 e. The molecule has 0 saturated carbocycles. The van der Waals surface area contributed by atoms with Crippen LogP contribution in [0.25, 0.3) is 0 Å². The first-order chi connectivity index (χ1) is 12.6. The summed E-state index contributed by atoms with van der Waals surface area (Å²) in [6, 6.07) is 1.55. The van der Waals surface area contributed by atoms with Gasteiger partial charge in [-0.05, 0) is 19.8 Å². The monoisotopic (exact) mass is 363 g/mol. The van der Waals surface area contributed by atoms with Crippen molar-refractivity contribution in [1.82, 2.24) is 19.6 Å². The lowest BCUT2D eigenvalue weighted by molar-refractivity contribution is -0.133. The average molecular weight is 363 g/mol. The van der Waals surface area contributed by atoms with E-state index in [0.29, 0.717) is 32.8 Å². The summed E-state index contributed by atoms with van der Waals surface area (Å²) in [7, 11) is 0. The molecule has 0 bridgehead atoms. The van der Waals surface area contributed by atoms with Crippen molar-refractivity contribution in [2.24, 2.45) is 0 Å². The second kappa shape index (κ2) is 8.20. The maximum atomic E-state index is 12.4. The Bertz CT molecular complexity index is 705. The number of hydrogen-bond acceptors (Lipinski definition) is 6. The van der Waals surface area contributed by atoms with Crippen molar-refractivity contribution in [1.29, 1.82) is 0 Å². The van der Waals surface area contributed by atoms with Gasteiger partial charge in [-0.1, -0.05) is 0 Å². The zero-order chi connectivity index (χ0) is 18.5. The summed E-state index contributed by atoms with van der Waals surface area (Å²) in [4.78, 5) is 41.8. The first-order valence-electron chi connectivity index (χ1n) is 9.10. The van der Waals surface area contributed by atoms with Crippen LogP contribution < -0.4 is 10.5 Å². The molecular weight excluding hydrogens is 338 g/mol. The molecule has 2 fully saturated rings. The third-order valence-corrected chi connectivity index (χ3v) is 4.77. The van der Waals surface area contributed by atoms with Crippen LogP contribution in [0, 0.1) is 0 Å². The molecule has 1 aromatic rings. The Morgan fingerprint density at radius 2 is 1.73 bits per heavy atom. The standard InChI is InChI=1S/C17H25N5O4/c1-2-26-17(25)21-9-7-20(8-10-21)16(24)13-22-15(23)11-14(12-18-22)19-5-3-4-6-19/h11-12H,2-10,13H2,1H3. The molecule has 9 nitrogen and oxygen atoms in total. The number of piperazine rings is 1. The highest BCUT2D eigenvalue weighted by atomic mass is 16.6. The number of carbonyl (C=O) groups is 2. The number of nitrogens with zero attached hydrogens (tertiary/aromatic N) is 5. The Morgan fingerprint density at radius 1 is 1.08 bits per heavy atom. The van der Waals surface area contributed by atoms with Gasteiger partial charge < -0.3 is 19.4 Å². The number of carbonyl (C=O) groups excluding carboxylic acids is 2. The maximum absolute atomic E-state index is 12.4. The Balaban J connectivity index is 1.55. The van der Waals surface area contributed by atoms with Crippen LogP contribution in [0.2, 0.25) is 0 Å². The number of ether oxygens (including phenoxy) is 1. The van der Waals surface area contributed by atoms with Gasteiger partial charge >= 0.3 is 6.09 Å². The Hall–Kier alpha value is -2.58. The van der Waals surface area contributed by atoms with Gasteiger partial charge in [-0.15, -0.1) is 0 Å². The summed E-state index contributed by atoms with van der Waals surface area (Å²) in [5, 5.41) is 4.16. The van der Waals surface area contributed by atoms with E-state index >= 15 is 0 Å². The predicted octanol–water partition coefficient (Wildman–Crippen LogP) is 0.144. The van der Waals surface area contributed by atoms with Crippen molar-refractivity contribution >= 4 is 17.7 Å². The molecule has 0 atom stereocenters. The van der Waals surface area contributed by atoms with Crippen molar-refractivity contribution in [2.45, 2.75) is 26.3 Å². The van der Waals surface area contributed by atoms with E-state index in [2.05, 4.69) is 10.00 Å². The summed E-state index contributed by atoms with van der Waals surface area (Å²) in [6.45, 7) is 5.61. The SMILES string of the molecule is CCOC(=O)N1CCN(C(=O)Cn2ncc(N3CCCC3)cc2=O)CC1. The van der Waals surface area contributed by atoms with Gasteiger partial charge in [-0.2, -0.15) is 5.10 Å². The number of rotatable bonds is 4.